The van der Waals surface area contributed by atoms with E-state index in [9.17, 15) is 4.79 Å². The van der Waals surface area contributed by atoms with Crippen LogP contribution in [0.3, 0.4) is 0 Å². The van der Waals surface area contributed by atoms with Crippen LogP contribution in [0.15, 0.2) is 42.5 Å². The first kappa shape index (κ1) is 14.1. The standard InChI is InChI=1S/C16H16N2O4/c1-20-13-5-2-11(3-6-13)17-9-16(19)18-12-4-7-14-15(8-12)22-10-21-14/h2-8,17H,9-10H2,1H3,(H,18,19). The first-order valence-electron chi connectivity index (χ1n) is 6.82. The van der Waals surface area contributed by atoms with Gasteiger partial charge >= 0.3 is 0 Å². The molecule has 6 nitrogen and oxygen atoms in total. The Labute approximate surface area is 128 Å². The van der Waals surface area contributed by atoms with Gasteiger partial charge in [-0.25, -0.2) is 0 Å². The van der Waals surface area contributed by atoms with Crippen molar-refractivity contribution in [1.29, 1.82) is 0 Å². The largest absolute Gasteiger partial charge is 0.497 e. The molecule has 0 fully saturated rings. The smallest absolute Gasteiger partial charge is 0.243 e. The molecule has 3 rings (SSSR count). The fourth-order valence-electron chi connectivity index (χ4n) is 2.07. The number of methoxy groups -OCH3 is 1. The highest BCUT2D eigenvalue weighted by molar-refractivity contribution is 5.94. The predicted octanol–water partition coefficient (Wildman–Crippen LogP) is 2.47. The number of carbonyl (C=O) groups is 1. The summed E-state index contributed by atoms with van der Waals surface area (Å²) in [5.74, 6) is 1.96. The predicted molar refractivity (Wildman–Crippen MR) is 82.7 cm³/mol. The Morgan fingerprint density at radius 3 is 2.59 bits per heavy atom. The molecule has 1 aliphatic rings. The Morgan fingerprint density at radius 1 is 1.09 bits per heavy atom. The van der Waals surface area contributed by atoms with E-state index < -0.39 is 0 Å². The third kappa shape index (κ3) is 3.22. The number of benzene rings is 2. The lowest BCUT2D eigenvalue weighted by atomic mass is 10.2. The molecule has 22 heavy (non-hydrogen) atoms. The molecule has 0 radical (unpaired) electrons. The summed E-state index contributed by atoms with van der Waals surface area (Å²) in [7, 11) is 1.61. The van der Waals surface area contributed by atoms with Crippen molar-refractivity contribution in [3.8, 4) is 17.2 Å². The molecule has 6 heteroatoms. The maximum absolute atomic E-state index is 11.9. The highest BCUT2D eigenvalue weighted by Crippen LogP contribution is 2.34. The van der Waals surface area contributed by atoms with E-state index in [0.717, 1.165) is 11.4 Å². The Bertz CT molecular complexity index is 670. The van der Waals surface area contributed by atoms with E-state index in [1.54, 1.807) is 25.3 Å². The van der Waals surface area contributed by atoms with Crippen LogP contribution in [0, 0.1) is 0 Å². The molecular weight excluding hydrogens is 284 g/mol. The first-order chi connectivity index (χ1) is 10.7. The number of ether oxygens (including phenoxy) is 3. The summed E-state index contributed by atoms with van der Waals surface area (Å²) < 4.78 is 15.6. The molecule has 0 atom stereocenters. The van der Waals surface area contributed by atoms with Gasteiger partial charge in [-0.05, 0) is 36.4 Å². The summed E-state index contributed by atoms with van der Waals surface area (Å²) in [4.78, 5) is 11.9. The van der Waals surface area contributed by atoms with Gasteiger partial charge < -0.3 is 24.8 Å². The number of hydrogen-bond acceptors (Lipinski definition) is 5. The molecule has 2 aromatic carbocycles. The second-order valence-corrected chi connectivity index (χ2v) is 4.70. The minimum Gasteiger partial charge on any atom is -0.497 e. The molecule has 0 aliphatic carbocycles. The number of amides is 1. The monoisotopic (exact) mass is 300 g/mol. The van der Waals surface area contributed by atoms with Gasteiger partial charge in [0.25, 0.3) is 0 Å². The Hall–Kier alpha value is -2.89. The van der Waals surface area contributed by atoms with Gasteiger partial charge in [-0.2, -0.15) is 0 Å². The van der Waals surface area contributed by atoms with Crippen LogP contribution in [0.25, 0.3) is 0 Å². The third-order valence-electron chi connectivity index (χ3n) is 3.20. The molecule has 0 saturated carbocycles. The Kier molecular flexibility index (Phi) is 4.00. The van der Waals surface area contributed by atoms with Crippen LogP contribution in [0.4, 0.5) is 11.4 Å². The lowest BCUT2D eigenvalue weighted by Crippen LogP contribution is -2.21. The fraction of sp³-hybridized carbons (Fsp3) is 0.188. The van der Waals surface area contributed by atoms with E-state index in [1.165, 1.54) is 0 Å². The molecule has 1 heterocycles. The lowest BCUT2D eigenvalue weighted by Gasteiger charge is -2.09. The highest BCUT2D eigenvalue weighted by atomic mass is 16.7. The first-order valence-corrected chi connectivity index (χ1v) is 6.82. The van der Waals surface area contributed by atoms with Crippen molar-refractivity contribution in [3.63, 3.8) is 0 Å². The number of nitrogens with one attached hydrogen (secondary N) is 2. The molecule has 1 amide bonds. The summed E-state index contributed by atoms with van der Waals surface area (Å²) in [5, 5.41) is 5.85. The van der Waals surface area contributed by atoms with Crippen LogP contribution in [-0.2, 0) is 4.79 Å². The van der Waals surface area contributed by atoms with E-state index in [1.807, 2.05) is 24.3 Å². The maximum Gasteiger partial charge on any atom is 0.243 e. The second kappa shape index (κ2) is 6.26. The number of anilines is 2. The van der Waals surface area contributed by atoms with Crippen LogP contribution in [0.1, 0.15) is 0 Å². The maximum atomic E-state index is 11.9. The number of carbonyl (C=O) groups excluding carboxylic acids is 1. The zero-order valence-corrected chi connectivity index (χ0v) is 12.1. The van der Waals surface area contributed by atoms with Gasteiger partial charge in [-0.1, -0.05) is 0 Å². The van der Waals surface area contributed by atoms with E-state index in [-0.39, 0.29) is 19.2 Å². The van der Waals surface area contributed by atoms with Gasteiger partial charge in [0.15, 0.2) is 11.5 Å². The van der Waals surface area contributed by atoms with E-state index in [2.05, 4.69) is 10.6 Å². The third-order valence-corrected chi connectivity index (χ3v) is 3.20. The summed E-state index contributed by atoms with van der Waals surface area (Å²) in [5.41, 5.74) is 1.52. The summed E-state index contributed by atoms with van der Waals surface area (Å²) in [6.45, 7) is 0.381. The SMILES string of the molecule is COc1ccc(NCC(=O)Nc2ccc3c(c2)OCO3)cc1. The van der Waals surface area contributed by atoms with E-state index in [4.69, 9.17) is 14.2 Å². The van der Waals surface area contributed by atoms with Gasteiger partial charge in [0.05, 0.1) is 13.7 Å². The van der Waals surface area contributed by atoms with Crippen molar-refractivity contribution in [2.45, 2.75) is 0 Å². The zero-order valence-electron chi connectivity index (χ0n) is 12.1. The second-order valence-electron chi connectivity index (χ2n) is 4.70. The number of rotatable bonds is 5. The molecule has 0 aromatic heterocycles. The van der Waals surface area contributed by atoms with E-state index in [0.29, 0.717) is 17.2 Å². The van der Waals surface area contributed by atoms with E-state index >= 15 is 0 Å². The molecule has 1 aliphatic heterocycles. The number of hydrogen-bond donors (Lipinski definition) is 2. The summed E-state index contributed by atoms with van der Waals surface area (Å²) in [6, 6.07) is 12.7. The molecule has 114 valence electrons. The Balaban J connectivity index is 1.53. The molecular formula is C16H16N2O4. The Morgan fingerprint density at radius 2 is 1.82 bits per heavy atom. The molecule has 2 aromatic rings. The van der Waals surface area contributed by atoms with Crippen molar-refractivity contribution in [3.05, 3.63) is 42.5 Å². The minimum atomic E-state index is -0.144. The van der Waals surface area contributed by atoms with Gasteiger partial charge in [0, 0.05) is 17.4 Å². The van der Waals surface area contributed by atoms with Gasteiger partial charge in [0.2, 0.25) is 12.7 Å². The fourth-order valence-corrected chi connectivity index (χ4v) is 2.07. The summed E-state index contributed by atoms with van der Waals surface area (Å²) in [6.07, 6.45) is 0. The van der Waals surface area contributed by atoms with Crippen LogP contribution in [0.2, 0.25) is 0 Å². The van der Waals surface area contributed by atoms with Crippen LogP contribution < -0.4 is 24.8 Å². The van der Waals surface area contributed by atoms with Gasteiger partial charge in [-0.15, -0.1) is 0 Å². The molecule has 2 N–H and O–H groups in total. The molecule has 0 bridgehead atoms. The van der Waals surface area contributed by atoms with Crippen molar-refractivity contribution in [2.24, 2.45) is 0 Å². The average molecular weight is 300 g/mol. The van der Waals surface area contributed by atoms with Gasteiger partial charge in [0.1, 0.15) is 5.75 Å². The van der Waals surface area contributed by atoms with Crippen molar-refractivity contribution >= 4 is 17.3 Å². The highest BCUT2D eigenvalue weighted by Gasteiger charge is 2.14. The molecule has 0 saturated heterocycles. The van der Waals surface area contributed by atoms with Gasteiger partial charge in [-0.3, -0.25) is 4.79 Å². The van der Waals surface area contributed by atoms with Crippen molar-refractivity contribution < 1.29 is 19.0 Å². The summed E-state index contributed by atoms with van der Waals surface area (Å²) >= 11 is 0. The number of fused-ring (bicyclic) bond motifs is 1. The topological polar surface area (TPSA) is 68.8 Å². The lowest BCUT2D eigenvalue weighted by molar-refractivity contribution is -0.114. The van der Waals surface area contributed by atoms with Crippen molar-refractivity contribution in [1.82, 2.24) is 0 Å². The molecule has 0 spiro atoms. The normalized spacial score (nSPS) is 11.9. The zero-order chi connectivity index (χ0) is 15.4. The van der Waals surface area contributed by atoms with Crippen LogP contribution in [-0.4, -0.2) is 26.4 Å². The van der Waals surface area contributed by atoms with Crippen molar-refractivity contribution in [2.75, 3.05) is 31.1 Å². The molecule has 0 unspecified atom stereocenters. The average Bonchev–Trinajstić information content (AvgIpc) is 3.01. The minimum absolute atomic E-state index is 0.144. The quantitative estimate of drug-likeness (QED) is 0.888. The van der Waals surface area contributed by atoms with Crippen LogP contribution in [0.5, 0.6) is 17.2 Å². The van der Waals surface area contributed by atoms with Crippen LogP contribution >= 0.6 is 0 Å².